The molecule has 0 radical (unpaired) electrons. The van der Waals surface area contributed by atoms with Crippen molar-refractivity contribution in [2.45, 2.75) is 44.6 Å². The van der Waals surface area contributed by atoms with Gasteiger partial charge in [-0.1, -0.05) is 24.3 Å². The minimum atomic E-state index is -1.04. The fraction of sp³-hybridized carbons (Fsp3) is 0.306. The summed E-state index contributed by atoms with van der Waals surface area (Å²) < 4.78 is 5.75. The highest BCUT2D eigenvalue weighted by Crippen LogP contribution is 2.32. The van der Waals surface area contributed by atoms with Crippen LogP contribution in [0.5, 0.6) is 5.75 Å². The van der Waals surface area contributed by atoms with Gasteiger partial charge in [0.05, 0.1) is 17.7 Å². The average molecular weight is 699 g/mol. The van der Waals surface area contributed by atoms with Crippen LogP contribution in [-0.4, -0.2) is 83.7 Å². The Kier molecular flexibility index (Phi) is 12.1. The maximum Gasteiger partial charge on any atom is 0.274 e. The first kappa shape index (κ1) is 36.2. The summed E-state index contributed by atoms with van der Waals surface area (Å²) >= 11 is 0. The molecule has 15 heteroatoms. The summed E-state index contributed by atoms with van der Waals surface area (Å²) in [5.41, 5.74) is 3.83. The lowest BCUT2D eigenvalue weighted by molar-refractivity contribution is -0.136. The smallest absolute Gasteiger partial charge is 0.274 e. The number of amides is 7. The molecule has 1 fully saturated rings. The van der Waals surface area contributed by atoms with Gasteiger partial charge in [0.15, 0.2) is 0 Å². The van der Waals surface area contributed by atoms with Crippen molar-refractivity contribution in [2.75, 3.05) is 31.6 Å². The van der Waals surface area contributed by atoms with Gasteiger partial charge in [0.2, 0.25) is 17.7 Å². The number of carbonyl (C=O) groups excluding carboxylic acids is 7. The monoisotopic (exact) mass is 698 g/mol. The number of piperidine rings is 1. The molecule has 0 aliphatic carbocycles. The van der Waals surface area contributed by atoms with Crippen molar-refractivity contribution in [1.29, 1.82) is 0 Å². The van der Waals surface area contributed by atoms with E-state index in [2.05, 4.69) is 21.3 Å². The number of hydroxylamine groups is 1. The molecule has 6 N–H and O–H groups in total. The zero-order valence-corrected chi connectivity index (χ0v) is 27.7. The Labute approximate surface area is 293 Å². The molecule has 0 saturated carbocycles. The molecule has 1 saturated heterocycles. The van der Waals surface area contributed by atoms with Gasteiger partial charge < -0.3 is 20.7 Å². The molecule has 1 atom stereocenters. The van der Waals surface area contributed by atoms with Crippen LogP contribution in [0, 0.1) is 0 Å². The molecule has 0 aromatic heterocycles. The zero-order chi connectivity index (χ0) is 36.3. The van der Waals surface area contributed by atoms with E-state index in [9.17, 15) is 33.6 Å². The predicted molar refractivity (Wildman–Crippen MR) is 182 cm³/mol. The SMILES string of the molecule is O=C(CCCOc1ccc(CCNC(=O)c2cccc(C(=O)NO)c2)cc1)NCCCNc1cccc2c1C(=O)N(C1CCC(=O)NC1=O)C2=O. The Morgan fingerprint density at radius 3 is 2.33 bits per heavy atom. The van der Waals surface area contributed by atoms with E-state index in [0.717, 1.165) is 10.5 Å². The summed E-state index contributed by atoms with van der Waals surface area (Å²) in [4.78, 5) is 87.2. The number of anilines is 1. The Balaban J connectivity index is 0.951. The second-order valence-electron chi connectivity index (χ2n) is 11.9. The second-order valence-corrected chi connectivity index (χ2v) is 11.9. The third-order valence-corrected chi connectivity index (χ3v) is 8.39. The summed E-state index contributed by atoms with van der Waals surface area (Å²) in [6.45, 7) is 1.54. The van der Waals surface area contributed by atoms with Crippen molar-refractivity contribution in [3.8, 4) is 5.75 Å². The molecule has 0 spiro atoms. The van der Waals surface area contributed by atoms with Crippen molar-refractivity contribution in [2.24, 2.45) is 0 Å². The highest BCUT2D eigenvalue weighted by atomic mass is 16.5. The molecular weight excluding hydrogens is 660 g/mol. The first-order valence-electron chi connectivity index (χ1n) is 16.6. The van der Waals surface area contributed by atoms with Crippen LogP contribution in [-0.2, 0) is 20.8 Å². The fourth-order valence-corrected chi connectivity index (χ4v) is 5.75. The van der Waals surface area contributed by atoms with E-state index >= 15 is 0 Å². The summed E-state index contributed by atoms with van der Waals surface area (Å²) in [6.07, 6.45) is 2.04. The van der Waals surface area contributed by atoms with E-state index in [-0.39, 0.29) is 47.8 Å². The minimum absolute atomic E-state index is 0.0456. The molecule has 1 unspecified atom stereocenters. The lowest BCUT2D eigenvalue weighted by atomic mass is 10.0. The molecule has 2 heterocycles. The van der Waals surface area contributed by atoms with Gasteiger partial charge >= 0.3 is 0 Å². The standard InChI is InChI=1S/C36H38N6O9/c43-29(9-3-20-51-25-12-10-22(11-13-25)16-19-39-32(45)23-5-1-6-24(21-23)33(46)41-50)38-18-4-17-37-27-8-2-7-26-31(27)36(49)42(35(26)48)28-14-15-30(44)40-34(28)47/h1-2,5-8,10-13,21,28,37,50H,3-4,9,14-20H2,(H,38,43)(H,39,45)(H,41,46)(H,40,44,47). The van der Waals surface area contributed by atoms with Gasteiger partial charge in [-0.25, -0.2) is 5.48 Å². The quantitative estimate of drug-likeness (QED) is 0.0554. The molecule has 0 bridgehead atoms. The van der Waals surface area contributed by atoms with Gasteiger partial charge in [-0.15, -0.1) is 0 Å². The molecule has 7 amide bonds. The number of benzene rings is 3. The third kappa shape index (κ3) is 9.13. The normalized spacial score (nSPS) is 15.2. The van der Waals surface area contributed by atoms with Crippen LogP contribution in [0.3, 0.4) is 0 Å². The molecule has 3 aromatic carbocycles. The lowest BCUT2D eigenvalue weighted by Crippen LogP contribution is -2.54. The maximum absolute atomic E-state index is 13.2. The highest BCUT2D eigenvalue weighted by Gasteiger charge is 2.45. The zero-order valence-electron chi connectivity index (χ0n) is 27.7. The van der Waals surface area contributed by atoms with Crippen LogP contribution < -0.4 is 31.5 Å². The maximum atomic E-state index is 13.2. The van der Waals surface area contributed by atoms with E-state index in [0.29, 0.717) is 62.5 Å². The molecule has 51 heavy (non-hydrogen) atoms. The summed E-state index contributed by atoms with van der Waals surface area (Å²) in [5.74, 6) is -2.76. The van der Waals surface area contributed by atoms with Gasteiger partial charge in [0.1, 0.15) is 11.8 Å². The molecular formula is C36H38N6O9. The summed E-state index contributed by atoms with van der Waals surface area (Å²) in [7, 11) is 0. The van der Waals surface area contributed by atoms with Crippen LogP contribution in [0.1, 0.15) is 79.1 Å². The fourth-order valence-electron chi connectivity index (χ4n) is 5.75. The molecule has 2 aliphatic rings. The van der Waals surface area contributed by atoms with Crippen LogP contribution in [0.2, 0.25) is 0 Å². The van der Waals surface area contributed by atoms with Crippen LogP contribution in [0.4, 0.5) is 5.69 Å². The van der Waals surface area contributed by atoms with E-state index in [1.807, 2.05) is 24.3 Å². The van der Waals surface area contributed by atoms with Crippen molar-refractivity contribution >= 4 is 47.0 Å². The number of carbonyl (C=O) groups is 7. The number of ether oxygens (including phenoxy) is 1. The van der Waals surface area contributed by atoms with E-state index in [1.165, 1.54) is 18.2 Å². The Morgan fingerprint density at radius 2 is 1.59 bits per heavy atom. The molecule has 2 aliphatic heterocycles. The second kappa shape index (κ2) is 17.0. The van der Waals surface area contributed by atoms with Crippen molar-refractivity contribution in [1.82, 2.24) is 26.3 Å². The Hall–Kier alpha value is -6.09. The predicted octanol–water partition coefficient (Wildman–Crippen LogP) is 1.96. The molecule has 15 nitrogen and oxygen atoms in total. The molecule has 3 aromatic rings. The van der Waals surface area contributed by atoms with Crippen molar-refractivity contribution in [3.63, 3.8) is 0 Å². The largest absolute Gasteiger partial charge is 0.494 e. The van der Waals surface area contributed by atoms with Crippen LogP contribution in [0.25, 0.3) is 0 Å². The van der Waals surface area contributed by atoms with Crippen molar-refractivity contribution in [3.05, 3.63) is 94.5 Å². The number of rotatable bonds is 16. The van der Waals surface area contributed by atoms with Crippen molar-refractivity contribution < 1.29 is 43.5 Å². The van der Waals surface area contributed by atoms with Crippen LogP contribution >= 0.6 is 0 Å². The number of imide groups is 2. The van der Waals surface area contributed by atoms with Gasteiger partial charge in [0, 0.05) is 49.3 Å². The highest BCUT2D eigenvalue weighted by molar-refractivity contribution is 6.25. The van der Waals surface area contributed by atoms with E-state index in [1.54, 1.807) is 29.7 Å². The summed E-state index contributed by atoms with van der Waals surface area (Å²) in [6, 6.07) is 17.3. The van der Waals surface area contributed by atoms with Gasteiger partial charge in [-0.3, -0.25) is 49.0 Å². The number of hydrogen-bond donors (Lipinski definition) is 6. The molecule has 5 rings (SSSR count). The number of fused-ring (bicyclic) bond motifs is 1. The van der Waals surface area contributed by atoms with Gasteiger partial charge in [0.25, 0.3) is 23.6 Å². The first-order chi connectivity index (χ1) is 24.7. The first-order valence-corrected chi connectivity index (χ1v) is 16.6. The third-order valence-electron chi connectivity index (χ3n) is 8.39. The van der Waals surface area contributed by atoms with E-state index in [4.69, 9.17) is 9.94 Å². The van der Waals surface area contributed by atoms with Gasteiger partial charge in [-0.2, -0.15) is 0 Å². The number of nitrogens with one attached hydrogen (secondary N) is 5. The topological polar surface area (TPSA) is 212 Å². The molecule has 266 valence electrons. The number of hydrogen-bond acceptors (Lipinski definition) is 10. The summed E-state index contributed by atoms with van der Waals surface area (Å²) in [5, 5.41) is 19.8. The van der Waals surface area contributed by atoms with Gasteiger partial charge in [-0.05, 0) is 73.7 Å². The Bertz CT molecular complexity index is 1830. The average Bonchev–Trinajstić information content (AvgIpc) is 3.39. The Morgan fingerprint density at radius 1 is 0.843 bits per heavy atom. The lowest BCUT2D eigenvalue weighted by Gasteiger charge is -2.27. The number of nitrogens with zero attached hydrogens (tertiary/aromatic N) is 1. The van der Waals surface area contributed by atoms with Crippen LogP contribution in [0.15, 0.2) is 66.7 Å². The van der Waals surface area contributed by atoms with E-state index < -0.39 is 35.6 Å². The minimum Gasteiger partial charge on any atom is -0.494 e.